The van der Waals surface area contributed by atoms with Crippen LogP contribution >= 0.6 is 0 Å². The molecule has 0 bridgehead atoms. The van der Waals surface area contributed by atoms with E-state index in [-0.39, 0.29) is 54.7 Å². The van der Waals surface area contributed by atoms with Gasteiger partial charge in [-0.2, -0.15) is 15.3 Å². The quantitative estimate of drug-likeness (QED) is 0.0534. The number of alkyl halides is 1. The minimum absolute atomic E-state index is 0.0392. The zero-order valence-electron chi connectivity index (χ0n) is 42.3. The van der Waals surface area contributed by atoms with E-state index in [4.69, 9.17) is 9.97 Å². The summed E-state index contributed by atoms with van der Waals surface area (Å²) in [6.45, 7) is 10.1. The Balaban J connectivity index is 0.751. The number of carbonyl (C=O) groups is 2. The van der Waals surface area contributed by atoms with E-state index in [0.29, 0.717) is 73.4 Å². The number of allylic oxidation sites excluding steroid dienone is 3. The number of aromatic amines is 1. The molecule has 10 rings (SSSR count). The molecule has 2 unspecified atom stereocenters. The number of hydrogen-bond donors (Lipinski definition) is 6. The van der Waals surface area contributed by atoms with Crippen molar-refractivity contribution in [3.63, 3.8) is 0 Å². The molecule has 1 saturated carbocycles. The van der Waals surface area contributed by atoms with Gasteiger partial charge in [-0.25, -0.2) is 47.9 Å². The SMILES string of the molecule is CC1=CC(Nc2cc(C)cc(C3(F)CCC(C(=O)N[C@@H](C)c4ccc(-n5cc(F)cn5)nc4)CC3)n2)NN1Cc1cc(Nc2cc(C)[nH]n2)nc(C2=CCC(C(=O)N[C@@H](C)c3ccc(-n4cc(F)cn4)nc3)CC2)c1. The number of aromatic nitrogens is 10. The van der Waals surface area contributed by atoms with Crippen molar-refractivity contribution in [1.29, 1.82) is 0 Å². The predicted molar refractivity (Wildman–Crippen MR) is 275 cm³/mol. The van der Waals surface area contributed by atoms with Gasteiger partial charge in [-0.1, -0.05) is 18.2 Å². The minimum Gasteiger partial charge on any atom is -0.350 e. The highest BCUT2D eigenvalue weighted by Crippen LogP contribution is 2.43. The second kappa shape index (κ2) is 21.3. The second-order valence-corrected chi connectivity index (χ2v) is 19.9. The Morgan fingerprint density at radius 2 is 1.43 bits per heavy atom. The fourth-order valence-electron chi connectivity index (χ4n) is 9.87. The summed E-state index contributed by atoms with van der Waals surface area (Å²) >= 11 is 0. The first-order valence-corrected chi connectivity index (χ1v) is 25.2. The average Bonchev–Trinajstić information content (AvgIpc) is 4.22. The molecule has 2 amide bonds. The van der Waals surface area contributed by atoms with Gasteiger partial charge in [0.05, 0.1) is 54.8 Å². The lowest BCUT2D eigenvalue weighted by Gasteiger charge is -2.34. The fraction of sp³-hybridized carbons (Fsp3) is 0.352. The molecule has 0 radical (unpaired) electrons. The molecule has 0 saturated heterocycles. The molecule has 7 aromatic rings. The lowest BCUT2D eigenvalue weighted by Crippen LogP contribution is -2.40. The molecular weight excluding hydrogens is 962 g/mol. The first-order chi connectivity index (χ1) is 36.1. The van der Waals surface area contributed by atoms with E-state index >= 15 is 4.39 Å². The number of amides is 2. The van der Waals surface area contributed by atoms with E-state index in [2.05, 4.69) is 75.3 Å². The summed E-state index contributed by atoms with van der Waals surface area (Å²) in [5.41, 5.74) is 9.37. The molecule has 0 spiro atoms. The van der Waals surface area contributed by atoms with Gasteiger partial charge in [0, 0.05) is 41.7 Å². The zero-order valence-corrected chi connectivity index (χ0v) is 42.3. The van der Waals surface area contributed by atoms with E-state index in [1.807, 2.05) is 70.0 Å². The molecule has 21 heteroatoms. The summed E-state index contributed by atoms with van der Waals surface area (Å²) in [6, 6.07) is 16.2. The van der Waals surface area contributed by atoms with Crippen LogP contribution in [0.25, 0.3) is 17.2 Å². The van der Waals surface area contributed by atoms with Crippen molar-refractivity contribution in [1.82, 2.24) is 70.8 Å². The number of aryl methyl sites for hydroxylation is 2. The maximum Gasteiger partial charge on any atom is 0.223 e. The highest BCUT2D eigenvalue weighted by Gasteiger charge is 2.41. The van der Waals surface area contributed by atoms with Crippen LogP contribution in [0, 0.1) is 37.3 Å². The molecule has 7 aromatic heterocycles. The number of nitrogens with zero attached hydrogens (tertiary/aromatic N) is 10. The lowest BCUT2D eigenvalue weighted by molar-refractivity contribution is -0.128. The summed E-state index contributed by atoms with van der Waals surface area (Å²) < 4.78 is 46.5. The first-order valence-electron chi connectivity index (χ1n) is 25.2. The van der Waals surface area contributed by atoms with E-state index in [0.717, 1.165) is 57.3 Å². The van der Waals surface area contributed by atoms with Crippen LogP contribution in [0.1, 0.15) is 117 Å². The Kier molecular flexibility index (Phi) is 14.3. The molecule has 8 heterocycles. The number of hydrazine groups is 1. The van der Waals surface area contributed by atoms with Crippen molar-refractivity contribution >= 4 is 34.8 Å². The third kappa shape index (κ3) is 11.8. The minimum atomic E-state index is -1.70. The van der Waals surface area contributed by atoms with Crippen molar-refractivity contribution in [2.75, 3.05) is 10.6 Å². The van der Waals surface area contributed by atoms with E-state index in [1.54, 1.807) is 30.6 Å². The number of halogens is 3. The number of H-pyrrole nitrogens is 1. The van der Waals surface area contributed by atoms with Gasteiger partial charge in [0.1, 0.15) is 17.8 Å². The van der Waals surface area contributed by atoms with Crippen LogP contribution in [0.4, 0.5) is 30.6 Å². The van der Waals surface area contributed by atoms with Crippen LogP contribution in [-0.2, 0) is 21.8 Å². The summed E-state index contributed by atoms with van der Waals surface area (Å²) in [4.78, 5) is 45.5. The Labute approximate surface area is 431 Å². The van der Waals surface area contributed by atoms with Gasteiger partial charge >= 0.3 is 0 Å². The number of pyridine rings is 4. The van der Waals surface area contributed by atoms with Crippen LogP contribution in [0.15, 0.2) is 110 Å². The summed E-state index contributed by atoms with van der Waals surface area (Å²) in [6.07, 6.45) is 14.8. The largest absolute Gasteiger partial charge is 0.350 e. The van der Waals surface area contributed by atoms with Crippen LogP contribution < -0.4 is 26.7 Å². The monoisotopic (exact) mass is 1020 g/mol. The van der Waals surface area contributed by atoms with E-state index < -0.39 is 17.3 Å². The predicted octanol–water partition coefficient (Wildman–Crippen LogP) is 8.96. The molecule has 18 nitrogen and oxygen atoms in total. The normalized spacial score (nSPS) is 20.5. The number of rotatable bonds is 16. The number of hydrogen-bond acceptors (Lipinski definition) is 13. The van der Waals surface area contributed by atoms with Crippen molar-refractivity contribution in [2.24, 2.45) is 11.8 Å². The van der Waals surface area contributed by atoms with E-state index in [1.165, 1.54) is 21.8 Å². The molecule has 1 fully saturated rings. The van der Waals surface area contributed by atoms with Gasteiger partial charge in [0.25, 0.3) is 0 Å². The lowest BCUT2D eigenvalue weighted by atomic mass is 9.77. The molecule has 388 valence electrons. The maximum absolute atomic E-state index is 16.9. The van der Waals surface area contributed by atoms with Crippen molar-refractivity contribution < 1.29 is 22.8 Å². The average molecular weight is 1020 g/mol. The molecule has 6 N–H and O–H groups in total. The Bertz CT molecular complexity index is 3250. The van der Waals surface area contributed by atoms with E-state index in [9.17, 15) is 18.4 Å². The summed E-state index contributed by atoms with van der Waals surface area (Å²) in [7, 11) is 0. The smallest absolute Gasteiger partial charge is 0.223 e. The molecule has 2 aliphatic carbocycles. The third-order valence-electron chi connectivity index (χ3n) is 14.1. The van der Waals surface area contributed by atoms with Crippen molar-refractivity contribution in [3.8, 4) is 11.6 Å². The van der Waals surface area contributed by atoms with Gasteiger partial charge in [-0.15, -0.1) is 0 Å². The third-order valence-corrected chi connectivity index (χ3v) is 14.1. The molecule has 4 atom stereocenters. The topological polar surface area (TPSA) is 213 Å². The maximum atomic E-state index is 16.9. The molecular formula is C54H59F3N16O2. The highest BCUT2D eigenvalue weighted by molar-refractivity contribution is 5.81. The Hall–Kier alpha value is -8.20. The first kappa shape index (κ1) is 50.3. The number of carbonyl (C=O) groups excluding carboxylic acids is 2. The molecule has 1 aliphatic heterocycles. The Morgan fingerprint density at radius 1 is 0.773 bits per heavy atom. The Morgan fingerprint density at radius 3 is 1.99 bits per heavy atom. The van der Waals surface area contributed by atoms with Gasteiger partial charge in [0.2, 0.25) is 11.8 Å². The fourth-order valence-corrected chi connectivity index (χ4v) is 9.87. The summed E-state index contributed by atoms with van der Waals surface area (Å²) in [5, 5.41) is 30.3. The molecule has 3 aliphatic rings. The van der Waals surface area contributed by atoms with Crippen molar-refractivity contribution in [2.45, 2.75) is 110 Å². The molecule has 0 aromatic carbocycles. The van der Waals surface area contributed by atoms with Crippen LogP contribution in [0.2, 0.25) is 0 Å². The number of anilines is 3. The van der Waals surface area contributed by atoms with Gasteiger partial charge in [-0.3, -0.25) is 14.7 Å². The van der Waals surface area contributed by atoms with Crippen LogP contribution in [-0.4, -0.2) is 72.7 Å². The standard InChI is InChI=1S/C54H59F3N16O2/c1-31-18-45(54(57)16-14-39(15-17-54)53(75)63-35(5)41-11-13-51(59-25-41)73-30-43(56)27-61-73)65-46(19-31)67-49-21-33(3)71(70-49)28-36-22-44(64-47(23-36)66-48-20-32(2)68-69-48)37-6-8-38(9-7-37)52(74)62-34(4)40-10-12-50(58-24-40)72-29-42(55)26-60-72/h6,10-13,18-27,29-30,34-35,38-39,49,70H,7-9,14-17,28H2,1-5H3,(H,62,74)(H,63,75)(H,65,67)(H2,64,66,68,69)/t34-,35-,38?,39?,49?,54?/m0/s1. The molecule has 75 heavy (non-hydrogen) atoms. The van der Waals surface area contributed by atoms with Crippen molar-refractivity contribution in [3.05, 3.63) is 161 Å². The van der Waals surface area contributed by atoms with Crippen LogP contribution in [0.5, 0.6) is 0 Å². The zero-order chi connectivity index (χ0) is 52.4. The number of nitrogens with one attached hydrogen (secondary N) is 6. The highest BCUT2D eigenvalue weighted by atomic mass is 19.1. The van der Waals surface area contributed by atoms with Gasteiger partial charge in [0.15, 0.2) is 34.8 Å². The van der Waals surface area contributed by atoms with Crippen LogP contribution in [0.3, 0.4) is 0 Å². The van der Waals surface area contributed by atoms with Gasteiger partial charge in [-0.05, 0) is 150 Å². The second-order valence-electron chi connectivity index (χ2n) is 19.9. The van der Waals surface area contributed by atoms with Gasteiger partial charge < -0.3 is 26.3 Å². The summed E-state index contributed by atoms with van der Waals surface area (Å²) in [5.74, 6) is 1.08.